The van der Waals surface area contributed by atoms with E-state index in [-0.39, 0.29) is 35.2 Å². The number of carbonyl (C=O) groups excluding carboxylic acids is 2. The first kappa shape index (κ1) is 51.3. The van der Waals surface area contributed by atoms with Crippen molar-refractivity contribution in [2.75, 3.05) is 0 Å². The summed E-state index contributed by atoms with van der Waals surface area (Å²) in [5.74, 6) is 0.00669. The second-order valence-electron chi connectivity index (χ2n) is 17.9. The molecular weight excluding hydrogens is 661 g/mol. The van der Waals surface area contributed by atoms with E-state index in [1.165, 1.54) is 154 Å². The monoisotopic (exact) mass is 753 g/mol. The second kappa shape index (κ2) is 33.6. The van der Waals surface area contributed by atoms with E-state index in [0.29, 0.717) is 12.8 Å². The molecule has 0 radical (unpaired) electrons. The van der Waals surface area contributed by atoms with Crippen molar-refractivity contribution in [3.05, 3.63) is 0 Å². The lowest BCUT2D eigenvalue weighted by Gasteiger charge is -2.39. The van der Waals surface area contributed by atoms with E-state index in [9.17, 15) is 14.7 Å². The molecule has 4 atom stereocenters. The minimum atomic E-state index is -1.76. The number of ether oxygens (including phenoxy) is 1. The van der Waals surface area contributed by atoms with Gasteiger partial charge in [-0.2, -0.15) is 0 Å². The summed E-state index contributed by atoms with van der Waals surface area (Å²) >= 11 is 0. The fourth-order valence-electron chi connectivity index (χ4n) is 7.10. The molecule has 0 unspecified atom stereocenters. The van der Waals surface area contributed by atoms with Crippen molar-refractivity contribution >= 4 is 20.6 Å². The molecule has 0 bridgehead atoms. The SMILES string of the molecule is CCCCCCCCCCCCC[C@@H](CC=O)O[Si](C)(C)C(C)(C)C.CCCCCCCCCCCCC[C@@H](O)C[C@@H]1OC(=O)[C@H]1CCCCCC. The average Bonchev–Trinajstić information content (AvgIpc) is 3.09. The van der Waals surface area contributed by atoms with Crippen LogP contribution >= 0.6 is 0 Å². The molecule has 1 N–H and O–H groups in total. The number of cyclic esters (lactones) is 1. The number of hydrogen-bond acceptors (Lipinski definition) is 5. The minimum absolute atomic E-state index is 0.0261. The number of aliphatic hydroxyl groups is 1. The van der Waals surface area contributed by atoms with Gasteiger partial charge in [-0.25, -0.2) is 0 Å². The van der Waals surface area contributed by atoms with E-state index in [1.54, 1.807) is 0 Å². The van der Waals surface area contributed by atoms with Gasteiger partial charge in [-0.05, 0) is 37.4 Å². The Labute approximate surface area is 326 Å². The van der Waals surface area contributed by atoms with Gasteiger partial charge < -0.3 is 19.1 Å². The van der Waals surface area contributed by atoms with Crippen LogP contribution in [0, 0.1) is 5.92 Å². The van der Waals surface area contributed by atoms with Crippen LogP contribution in [0.1, 0.15) is 241 Å². The van der Waals surface area contributed by atoms with E-state index in [4.69, 9.17) is 9.16 Å². The normalized spacial score (nSPS) is 17.2. The summed E-state index contributed by atoms with van der Waals surface area (Å²) in [7, 11) is -1.76. The van der Waals surface area contributed by atoms with Gasteiger partial charge in [0.25, 0.3) is 0 Å². The molecule has 1 aliphatic heterocycles. The summed E-state index contributed by atoms with van der Waals surface area (Å²) in [6, 6.07) is 0. The Kier molecular flexibility index (Phi) is 33.1. The molecule has 1 fully saturated rings. The highest BCUT2D eigenvalue weighted by Crippen LogP contribution is 2.38. The van der Waals surface area contributed by atoms with E-state index in [0.717, 1.165) is 38.4 Å². The van der Waals surface area contributed by atoms with Crippen molar-refractivity contribution in [2.45, 2.75) is 277 Å². The third-order valence-corrected chi connectivity index (χ3v) is 16.3. The highest BCUT2D eigenvalue weighted by Gasteiger charge is 2.42. The molecule has 0 aromatic heterocycles. The largest absolute Gasteiger partial charge is 0.461 e. The zero-order valence-electron chi connectivity index (χ0n) is 36.4. The summed E-state index contributed by atoms with van der Waals surface area (Å²) in [5, 5.41) is 10.5. The second-order valence-corrected chi connectivity index (χ2v) is 22.6. The zero-order valence-corrected chi connectivity index (χ0v) is 37.4. The van der Waals surface area contributed by atoms with Crippen LogP contribution in [-0.2, 0) is 18.8 Å². The molecule has 52 heavy (non-hydrogen) atoms. The molecule has 6 heteroatoms. The fraction of sp³-hybridized carbons (Fsp3) is 0.957. The van der Waals surface area contributed by atoms with Gasteiger partial charge >= 0.3 is 5.97 Å². The summed E-state index contributed by atoms with van der Waals surface area (Å²) in [4.78, 5) is 22.6. The van der Waals surface area contributed by atoms with Crippen molar-refractivity contribution < 1.29 is 23.9 Å². The van der Waals surface area contributed by atoms with Crippen molar-refractivity contribution in [3.8, 4) is 0 Å². The molecule has 1 saturated heterocycles. The summed E-state index contributed by atoms with van der Waals surface area (Å²) in [6.07, 6.45) is 39.3. The maximum atomic E-state index is 11.6. The molecule has 0 saturated carbocycles. The van der Waals surface area contributed by atoms with Crippen LogP contribution in [0.5, 0.6) is 0 Å². The summed E-state index contributed by atoms with van der Waals surface area (Å²) in [5.41, 5.74) is 0. The van der Waals surface area contributed by atoms with Crippen molar-refractivity contribution in [2.24, 2.45) is 5.92 Å². The van der Waals surface area contributed by atoms with Gasteiger partial charge in [-0.1, -0.05) is 208 Å². The van der Waals surface area contributed by atoms with E-state index >= 15 is 0 Å². The number of hydrogen-bond donors (Lipinski definition) is 1. The Bertz CT molecular complexity index is 809. The summed E-state index contributed by atoms with van der Waals surface area (Å²) in [6.45, 7) is 18.1. The molecule has 1 heterocycles. The van der Waals surface area contributed by atoms with Crippen LogP contribution in [0.4, 0.5) is 0 Å². The first-order valence-corrected chi connectivity index (χ1v) is 25.8. The van der Waals surface area contributed by atoms with Crippen LogP contribution in [0.15, 0.2) is 0 Å². The predicted octanol–water partition coefficient (Wildman–Crippen LogP) is 14.6. The maximum Gasteiger partial charge on any atom is 0.313 e. The molecule has 310 valence electrons. The first-order chi connectivity index (χ1) is 24.9. The smallest absolute Gasteiger partial charge is 0.313 e. The first-order valence-electron chi connectivity index (χ1n) is 22.9. The highest BCUT2D eigenvalue weighted by atomic mass is 28.4. The fourth-order valence-corrected chi connectivity index (χ4v) is 8.50. The number of carbonyl (C=O) groups is 2. The third kappa shape index (κ3) is 27.8. The lowest BCUT2D eigenvalue weighted by atomic mass is 9.86. The topological polar surface area (TPSA) is 72.8 Å². The van der Waals surface area contributed by atoms with E-state index in [2.05, 4.69) is 54.6 Å². The Morgan fingerprint density at radius 1 is 0.654 bits per heavy atom. The van der Waals surface area contributed by atoms with Gasteiger partial charge in [-0.3, -0.25) is 4.79 Å². The minimum Gasteiger partial charge on any atom is -0.461 e. The molecule has 0 aromatic carbocycles. The average molecular weight is 753 g/mol. The molecule has 0 amide bonds. The molecule has 0 aliphatic carbocycles. The number of aldehydes is 1. The predicted molar refractivity (Wildman–Crippen MR) is 228 cm³/mol. The zero-order chi connectivity index (χ0) is 38.9. The molecule has 0 spiro atoms. The van der Waals surface area contributed by atoms with Crippen LogP contribution < -0.4 is 0 Å². The third-order valence-electron chi connectivity index (χ3n) is 11.8. The molecular formula is C46H92O5Si. The van der Waals surface area contributed by atoms with Crippen LogP contribution in [0.2, 0.25) is 18.1 Å². The van der Waals surface area contributed by atoms with Crippen molar-refractivity contribution in [3.63, 3.8) is 0 Å². The standard InChI is InChI=1S/C24H46O3.C22H46O2Si/c1-3-5-7-9-10-11-12-13-14-15-16-18-21(25)20-23-22(24(26)27-23)19-17-8-6-4-2;1-7-8-9-10-11-12-13-14-15-16-17-18-21(19-20-23)24-25(5,6)22(2,3)4/h21-23,25H,3-20H2,1-2H3;20-21H,7-19H2,1-6H3/t21-,22+,23+;21-/m10/s1. The Hall–Kier alpha value is -0.723. The van der Waals surface area contributed by atoms with Gasteiger partial charge in [0.15, 0.2) is 8.32 Å². The van der Waals surface area contributed by atoms with Crippen LogP contribution in [-0.4, -0.2) is 44.0 Å². The van der Waals surface area contributed by atoms with Gasteiger partial charge in [-0.15, -0.1) is 0 Å². The molecule has 0 aromatic rings. The maximum absolute atomic E-state index is 11.6. The lowest BCUT2D eigenvalue weighted by molar-refractivity contribution is -0.188. The van der Waals surface area contributed by atoms with E-state index < -0.39 is 8.32 Å². The van der Waals surface area contributed by atoms with Crippen molar-refractivity contribution in [1.82, 2.24) is 0 Å². The highest BCUT2D eigenvalue weighted by molar-refractivity contribution is 6.74. The van der Waals surface area contributed by atoms with Gasteiger partial charge in [0.05, 0.1) is 18.1 Å². The van der Waals surface area contributed by atoms with Crippen molar-refractivity contribution in [1.29, 1.82) is 0 Å². The lowest BCUT2D eigenvalue weighted by Crippen LogP contribution is -2.46. The molecule has 1 rings (SSSR count). The Morgan fingerprint density at radius 2 is 1.04 bits per heavy atom. The van der Waals surface area contributed by atoms with Crippen LogP contribution in [0.25, 0.3) is 0 Å². The number of aliphatic hydroxyl groups excluding tert-OH is 1. The van der Waals surface area contributed by atoms with E-state index in [1.807, 2.05) is 0 Å². The summed E-state index contributed by atoms with van der Waals surface area (Å²) < 4.78 is 11.7. The Balaban J connectivity index is 0.00000100. The molecule has 5 nitrogen and oxygen atoms in total. The number of unbranched alkanes of at least 4 members (excludes halogenated alkanes) is 23. The molecule has 1 aliphatic rings. The number of esters is 1. The van der Waals surface area contributed by atoms with Gasteiger partial charge in [0.1, 0.15) is 12.4 Å². The Morgan fingerprint density at radius 3 is 1.42 bits per heavy atom. The van der Waals surface area contributed by atoms with Gasteiger partial charge in [0, 0.05) is 12.8 Å². The number of rotatable bonds is 35. The van der Waals surface area contributed by atoms with Gasteiger partial charge in [0.2, 0.25) is 0 Å². The quantitative estimate of drug-likeness (QED) is 0.0302. The van der Waals surface area contributed by atoms with Crippen LogP contribution in [0.3, 0.4) is 0 Å².